The Morgan fingerprint density at radius 1 is 0.788 bits per heavy atom. The summed E-state index contributed by atoms with van der Waals surface area (Å²) in [5.41, 5.74) is -0.891. The Hall–Kier alpha value is -0.860. The lowest BCUT2D eigenvalue weighted by atomic mass is 9.62. The van der Waals surface area contributed by atoms with Gasteiger partial charge in [-0.1, -0.05) is 65.2 Å². The molecule has 2 atom stereocenters. The van der Waals surface area contributed by atoms with Crippen LogP contribution in [0.15, 0.2) is 0 Å². The maximum absolute atomic E-state index is 12.9. The molecule has 0 spiro atoms. The molecule has 3 aliphatic rings. The number of carbonyl (C=O) groups excluding carboxylic acids is 2. The van der Waals surface area contributed by atoms with Crippen molar-refractivity contribution in [3.8, 4) is 0 Å². The van der Waals surface area contributed by atoms with Crippen molar-refractivity contribution in [2.45, 2.75) is 136 Å². The fraction of sp³-hybridized carbons (Fsp3) is 0.933. The van der Waals surface area contributed by atoms with Gasteiger partial charge in [-0.3, -0.25) is 9.59 Å². The van der Waals surface area contributed by atoms with E-state index in [0.29, 0.717) is 31.3 Å². The van der Waals surface area contributed by atoms with E-state index in [4.69, 9.17) is 4.74 Å². The van der Waals surface area contributed by atoms with Crippen LogP contribution in [-0.2, 0) is 14.3 Å². The number of hydrogen-bond donors (Lipinski definition) is 0. The largest absolute Gasteiger partial charge is 0.465 e. The minimum atomic E-state index is -0.891. The molecule has 0 radical (unpaired) electrons. The number of hydrogen-bond acceptors (Lipinski definition) is 3. The van der Waals surface area contributed by atoms with Gasteiger partial charge in [0, 0.05) is 6.42 Å². The summed E-state index contributed by atoms with van der Waals surface area (Å²) in [6.45, 7) is 6.54. The van der Waals surface area contributed by atoms with Crippen molar-refractivity contribution in [2.75, 3.05) is 6.61 Å². The highest BCUT2D eigenvalue weighted by atomic mass is 16.5. The van der Waals surface area contributed by atoms with Crippen LogP contribution in [-0.4, -0.2) is 18.4 Å². The van der Waals surface area contributed by atoms with Crippen molar-refractivity contribution in [3.05, 3.63) is 0 Å². The summed E-state index contributed by atoms with van der Waals surface area (Å²) < 4.78 is 5.35. The summed E-state index contributed by atoms with van der Waals surface area (Å²) in [4.78, 5) is 25.4. The maximum atomic E-state index is 12.9. The molecule has 0 unspecified atom stereocenters. The van der Waals surface area contributed by atoms with E-state index in [9.17, 15) is 9.59 Å². The van der Waals surface area contributed by atoms with E-state index < -0.39 is 5.41 Å². The van der Waals surface area contributed by atoms with Gasteiger partial charge in [0.1, 0.15) is 11.2 Å². The molecule has 3 saturated carbocycles. The highest BCUT2D eigenvalue weighted by molar-refractivity contribution is 6.04. The van der Waals surface area contributed by atoms with Gasteiger partial charge in [0.05, 0.1) is 6.61 Å². The van der Waals surface area contributed by atoms with E-state index in [0.717, 1.165) is 30.6 Å². The van der Waals surface area contributed by atoms with Gasteiger partial charge in [0.15, 0.2) is 0 Å². The molecular formula is C30H52O3. The lowest BCUT2D eigenvalue weighted by Crippen LogP contribution is -2.44. The molecule has 3 fully saturated rings. The van der Waals surface area contributed by atoms with Gasteiger partial charge >= 0.3 is 5.97 Å². The van der Waals surface area contributed by atoms with Crippen molar-refractivity contribution >= 4 is 11.8 Å². The average Bonchev–Trinajstić information content (AvgIpc) is 2.84. The van der Waals surface area contributed by atoms with Gasteiger partial charge in [-0.15, -0.1) is 0 Å². The Kier molecular flexibility index (Phi) is 10.8. The van der Waals surface area contributed by atoms with Crippen LogP contribution in [0.4, 0.5) is 0 Å². The molecule has 0 N–H and O–H groups in total. The second-order valence-corrected chi connectivity index (χ2v) is 12.1. The van der Waals surface area contributed by atoms with Crippen molar-refractivity contribution in [1.82, 2.24) is 0 Å². The van der Waals surface area contributed by atoms with E-state index >= 15 is 0 Å². The normalized spacial score (nSPS) is 35.4. The van der Waals surface area contributed by atoms with Gasteiger partial charge in [-0.05, 0) is 94.3 Å². The maximum Gasteiger partial charge on any atom is 0.319 e. The summed E-state index contributed by atoms with van der Waals surface area (Å²) in [5, 5.41) is 0. The standard InChI is InChI=1S/C30H52O3/c1-4-6-7-8-9-10-23-11-13-24(14-12-23)25-15-17-26(18-16-25)27-19-20-30(3,28(31)22-27)29(32)33-21-5-2/h23-27H,4-22H2,1-3H3/t23?,24?,25?,26?,27-,30+/m1/s1. The fourth-order valence-electron chi connectivity index (χ4n) is 7.22. The van der Waals surface area contributed by atoms with Crippen molar-refractivity contribution in [3.63, 3.8) is 0 Å². The third kappa shape index (κ3) is 7.31. The van der Waals surface area contributed by atoms with Gasteiger partial charge in [0.2, 0.25) is 0 Å². The summed E-state index contributed by atoms with van der Waals surface area (Å²) in [6.07, 6.45) is 22.9. The minimum Gasteiger partial charge on any atom is -0.465 e. The molecule has 3 heteroatoms. The predicted octanol–water partition coefficient (Wildman–Crippen LogP) is 8.29. The van der Waals surface area contributed by atoms with E-state index in [2.05, 4.69) is 6.92 Å². The first kappa shape index (κ1) is 26.7. The first-order valence-electron chi connectivity index (χ1n) is 14.7. The number of unbranched alkanes of at least 4 members (excludes halogenated alkanes) is 4. The van der Waals surface area contributed by atoms with E-state index in [1.807, 2.05) is 13.8 Å². The van der Waals surface area contributed by atoms with E-state index in [-0.39, 0.29) is 11.8 Å². The molecule has 0 amide bonds. The Balaban J connectivity index is 1.35. The molecule has 3 nitrogen and oxygen atoms in total. The number of ketones is 1. The van der Waals surface area contributed by atoms with Crippen LogP contribution in [0.25, 0.3) is 0 Å². The third-order valence-electron chi connectivity index (χ3n) is 9.72. The van der Waals surface area contributed by atoms with Crippen LogP contribution in [0.1, 0.15) is 136 Å². The Labute approximate surface area is 204 Å². The second kappa shape index (κ2) is 13.3. The topological polar surface area (TPSA) is 43.4 Å². The van der Waals surface area contributed by atoms with Crippen molar-refractivity contribution < 1.29 is 14.3 Å². The molecule has 0 saturated heterocycles. The summed E-state index contributed by atoms with van der Waals surface area (Å²) >= 11 is 0. The monoisotopic (exact) mass is 460 g/mol. The highest BCUT2D eigenvalue weighted by Gasteiger charge is 2.47. The molecule has 3 rings (SSSR count). The average molecular weight is 461 g/mol. The Morgan fingerprint density at radius 2 is 1.36 bits per heavy atom. The SMILES string of the molecule is CCCCCCCC1CCC(C2CCC([C@@H]3CC[C@](C)(C(=O)OCCC)C(=O)C3)CC2)CC1. The van der Waals surface area contributed by atoms with Crippen LogP contribution in [0, 0.1) is 35.0 Å². The van der Waals surface area contributed by atoms with Crippen LogP contribution in [0.3, 0.4) is 0 Å². The quantitative estimate of drug-likeness (QED) is 0.177. The van der Waals surface area contributed by atoms with Crippen LogP contribution in [0.5, 0.6) is 0 Å². The molecule has 0 heterocycles. The number of carbonyl (C=O) groups is 2. The number of rotatable bonds is 11. The first-order chi connectivity index (χ1) is 16.0. The molecule has 33 heavy (non-hydrogen) atoms. The van der Waals surface area contributed by atoms with Crippen molar-refractivity contribution in [2.24, 2.45) is 35.0 Å². The van der Waals surface area contributed by atoms with Crippen LogP contribution < -0.4 is 0 Å². The van der Waals surface area contributed by atoms with Crippen LogP contribution in [0.2, 0.25) is 0 Å². The number of esters is 1. The summed E-state index contributed by atoms with van der Waals surface area (Å²) in [7, 11) is 0. The Morgan fingerprint density at radius 3 is 1.94 bits per heavy atom. The second-order valence-electron chi connectivity index (χ2n) is 12.1. The van der Waals surface area contributed by atoms with Gasteiger partial charge in [-0.25, -0.2) is 0 Å². The molecule has 0 aromatic heterocycles. The zero-order valence-electron chi connectivity index (χ0n) is 22.0. The van der Waals surface area contributed by atoms with Gasteiger partial charge < -0.3 is 4.74 Å². The van der Waals surface area contributed by atoms with E-state index in [1.54, 1.807) is 0 Å². The third-order valence-corrected chi connectivity index (χ3v) is 9.72. The van der Waals surface area contributed by atoms with Crippen molar-refractivity contribution in [1.29, 1.82) is 0 Å². The fourth-order valence-corrected chi connectivity index (χ4v) is 7.22. The zero-order chi connectivity index (χ0) is 23.7. The predicted molar refractivity (Wildman–Crippen MR) is 136 cm³/mol. The lowest BCUT2D eigenvalue weighted by molar-refractivity contribution is -0.162. The van der Waals surface area contributed by atoms with Gasteiger partial charge in [0.25, 0.3) is 0 Å². The zero-order valence-corrected chi connectivity index (χ0v) is 22.0. The molecule has 0 aromatic carbocycles. The molecule has 190 valence electrons. The Bertz CT molecular complexity index is 598. The summed E-state index contributed by atoms with van der Waals surface area (Å²) in [5.74, 6) is 3.94. The molecule has 0 bridgehead atoms. The van der Waals surface area contributed by atoms with Gasteiger partial charge in [-0.2, -0.15) is 0 Å². The molecule has 0 aromatic rings. The lowest BCUT2D eigenvalue weighted by Gasteiger charge is -2.42. The smallest absolute Gasteiger partial charge is 0.319 e. The molecule has 0 aliphatic heterocycles. The molecule has 3 aliphatic carbocycles. The van der Waals surface area contributed by atoms with E-state index in [1.165, 1.54) is 89.9 Å². The molecular weight excluding hydrogens is 408 g/mol. The minimum absolute atomic E-state index is 0.134. The highest BCUT2D eigenvalue weighted by Crippen LogP contribution is 2.47. The first-order valence-corrected chi connectivity index (χ1v) is 14.7. The number of Topliss-reactive ketones (excluding diaryl/α,β-unsaturated/α-hetero) is 1. The van der Waals surface area contributed by atoms with Crippen LogP contribution >= 0.6 is 0 Å². The summed E-state index contributed by atoms with van der Waals surface area (Å²) in [6, 6.07) is 0. The number of ether oxygens (including phenoxy) is 1.